The van der Waals surface area contributed by atoms with E-state index in [0.717, 1.165) is 32.8 Å². The number of nitrogens with zero attached hydrogens (tertiary/aromatic N) is 3. The van der Waals surface area contributed by atoms with Crippen molar-refractivity contribution < 1.29 is 17.9 Å². The molecule has 0 amide bonds. The van der Waals surface area contributed by atoms with Crippen molar-refractivity contribution in [2.24, 2.45) is 0 Å². The first-order valence-electron chi connectivity index (χ1n) is 10.3. The van der Waals surface area contributed by atoms with Crippen LogP contribution in [-0.2, 0) is 19.3 Å². The highest BCUT2D eigenvalue weighted by Gasteiger charge is 2.39. The normalized spacial score (nSPS) is 22.6. The summed E-state index contributed by atoms with van der Waals surface area (Å²) in [5.41, 5.74) is 0.475. The van der Waals surface area contributed by atoms with Gasteiger partial charge in [-0.3, -0.25) is 9.80 Å². The summed E-state index contributed by atoms with van der Waals surface area (Å²) in [5.74, 6) is 0.145. The van der Waals surface area contributed by atoms with E-state index in [9.17, 15) is 8.42 Å². The van der Waals surface area contributed by atoms with Crippen molar-refractivity contribution >= 4 is 9.84 Å². The van der Waals surface area contributed by atoms with Crippen LogP contribution in [-0.4, -0.2) is 89.2 Å². The second kappa shape index (κ2) is 10.5. The third kappa shape index (κ3) is 6.00. The van der Waals surface area contributed by atoms with Gasteiger partial charge < -0.3 is 9.47 Å². The van der Waals surface area contributed by atoms with Crippen molar-refractivity contribution in [2.75, 3.05) is 58.9 Å². The summed E-state index contributed by atoms with van der Waals surface area (Å²) in [6.45, 7) is 5.83. The van der Waals surface area contributed by atoms with Gasteiger partial charge in [0.25, 0.3) is 0 Å². The van der Waals surface area contributed by atoms with E-state index in [4.69, 9.17) is 14.7 Å². The molecule has 3 rings (SSSR count). The van der Waals surface area contributed by atoms with Crippen LogP contribution in [0, 0.1) is 11.3 Å². The molecular formula is C21H31N3O4S. The molecule has 2 bridgehead atoms. The number of likely N-dealkylation sites (tertiary alicyclic amines) is 1. The van der Waals surface area contributed by atoms with Gasteiger partial charge in [0.1, 0.15) is 0 Å². The summed E-state index contributed by atoms with van der Waals surface area (Å²) in [6.07, 6.45) is 3.01. The Kier molecular flexibility index (Phi) is 8.04. The molecule has 0 aliphatic carbocycles. The molecule has 1 aromatic rings. The highest BCUT2D eigenvalue weighted by atomic mass is 32.2. The van der Waals surface area contributed by atoms with E-state index in [1.807, 2.05) is 6.07 Å². The molecule has 8 heteroatoms. The van der Waals surface area contributed by atoms with Crippen LogP contribution in [0.4, 0.5) is 0 Å². The van der Waals surface area contributed by atoms with Crippen LogP contribution >= 0.6 is 0 Å². The second-order valence-corrected chi connectivity index (χ2v) is 9.91. The summed E-state index contributed by atoms with van der Waals surface area (Å²) in [6, 6.07) is 9.24. The van der Waals surface area contributed by atoms with Crippen molar-refractivity contribution in [3.63, 3.8) is 0 Å². The lowest BCUT2D eigenvalue weighted by Crippen LogP contribution is -2.54. The van der Waals surface area contributed by atoms with Gasteiger partial charge in [0, 0.05) is 38.8 Å². The third-order valence-corrected chi connectivity index (χ3v) is 7.68. The number of benzene rings is 1. The zero-order chi connectivity index (χ0) is 20.7. The average Bonchev–Trinajstić information content (AvgIpc) is 2.96. The van der Waals surface area contributed by atoms with E-state index >= 15 is 0 Å². The van der Waals surface area contributed by atoms with Crippen molar-refractivity contribution in [1.29, 1.82) is 5.26 Å². The number of rotatable bonds is 11. The van der Waals surface area contributed by atoms with Crippen LogP contribution in [0.1, 0.15) is 24.8 Å². The summed E-state index contributed by atoms with van der Waals surface area (Å²) in [4.78, 5) is 5.29. The van der Waals surface area contributed by atoms with Gasteiger partial charge in [0.05, 0.1) is 42.1 Å². The van der Waals surface area contributed by atoms with Gasteiger partial charge in [0.15, 0.2) is 9.84 Å². The Hall–Kier alpha value is -1.50. The molecule has 2 unspecified atom stereocenters. The third-order valence-electron chi connectivity index (χ3n) is 5.86. The zero-order valence-electron chi connectivity index (χ0n) is 17.1. The Morgan fingerprint density at radius 2 is 1.76 bits per heavy atom. The fourth-order valence-electron chi connectivity index (χ4n) is 4.36. The molecule has 7 nitrogen and oxygen atoms in total. The smallest absolute Gasteiger partial charge is 0.178 e. The van der Waals surface area contributed by atoms with E-state index < -0.39 is 9.84 Å². The Balaban J connectivity index is 1.43. The minimum atomic E-state index is -3.30. The van der Waals surface area contributed by atoms with Gasteiger partial charge in [-0.2, -0.15) is 5.26 Å². The second-order valence-electron chi connectivity index (χ2n) is 7.80. The van der Waals surface area contributed by atoms with Crippen LogP contribution in [0.3, 0.4) is 0 Å². The summed E-state index contributed by atoms with van der Waals surface area (Å²) >= 11 is 0. The molecule has 2 aliphatic rings. The minimum Gasteiger partial charge on any atom is -0.382 e. The quantitative estimate of drug-likeness (QED) is 0.501. The van der Waals surface area contributed by atoms with E-state index in [2.05, 4.69) is 9.80 Å². The van der Waals surface area contributed by atoms with Gasteiger partial charge >= 0.3 is 0 Å². The molecule has 2 fully saturated rings. The summed E-state index contributed by atoms with van der Waals surface area (Å²) < 4.78 is 35.7. The van der Waals surface area contributed by atoms with Gasteiger partial charge in [-0.25, -0.2) is 8.42 Å². The van der Waals surface area contributed by atoms with Crippen LogP contribution in [0.5, 0.6) is 0 Å². The van der Waals surface area contributed by atoms with Gasteiger partial charge in [-0.15, -0.1) is 0 Å². The standard InChI is InChI=1S/C21H31N3O4S/c1-27-12-13-28-11-10-23-16-19-5-6-20(17-23)24(19)9-2-14-29(25,26)21-7-3-18(15-22)4-8-21/h3-4,7-8,19-20H,2,5-6,9-14,16-17H2,1H3. The van der Waals surface area contributed by atoms with E-state index in [1.54, 1.807) is 19.2 Å². The molecule has 29 heavy (non-hydrogen) atoms. The topological polar surface area (TPSA) is 82.9 Å². The van der Waals surface area contributed by atoms with Gasteiger partial charge in [-0.05, 0) is 50.1 Å². The Morgan fingerprint density at radius 3 is 2.38 bits per heavy atom. The predicted octanol–water partition coefficient (Wildman–Crippen LogP) is 1.53. The largest absolute Gasteiger partial charge is 0.382 e. The van der Waals surface area contributed by atoms with Crippen molar-refractivity contribution in [3.05, 3.63) is 29.8 Å². The molecule has 0 N–H and O–H groups in total. The average molecular weight is 422 g/mol. The lowest BCUT2D eigenvalue weighted by Gasteiger charge is -2.41. The van der Waals surface area contributed by atoms with Crippen LogP contribution < -0.4 is 0 Å². The van der Waals surface area contributed by atoms with E-state index in [0.29, 0.717) is 42.2 Å². The lowest BCUT2D eigenvalue weighted by atomic mass is 10.2. The van der Waals surface area contributed by atoms with E-state index in [-0.39, 0.29) is 5.75 Å². The highest BCUT2D eigenvalue weighted by molar-refractivity contribution is 7.91. The SMILES string of the molecule is COCCOCCN1CC2CCC(C1)N2CCCS(=O)(=O)c1ccc(C#N)cc1. The molecule has 2 heterocycles. The Morgan fingerprint density at radius 1 is 1.07 bits per heavy atom. The first-order chi connectivity index (χ1) is 14.0. The van der Waals surface area contributed by atoms with Crippen LogP contribution in [0.2, 0.25) is 0 Å². The molecule has 0 spiro atoms. The first-order valence-corrected chi connectivity index (χ1v) is 12.0. The number of fused-ring (bicyclic) bond motifs is 2. The minimum absolute atomic E-state index is 0.145. The number of sulfone groups is 1. The fraction of sp³-hybridized carbons (Fsp3) is 0.667. The number of methoxy groups -OCH3 is 1. The maximum Gasteiger partial charge on any atom is 0.178 e. The molecular weight excluding hydrogens is 390 g/mol. The molecule has 1 aromatic carbocycles. The molecule has 160 valence electrons. The highest BCUT2D eigenvalue weighted by Crippen LogP contribution is 2.30. The number of hydrogen-bond acceptors (Lipinski definition) is 7. The molecule has 0 radical (unpaired) electrons. The molecule has 2 aliphatic heterocycles. The van der Waals surface area contributed by atoms with Crippen molar-refractivity contribution in [2.45, 2.75) is 36.2 Å². The number of hydrogen-bond donors (Lipinski definition) is 0. The predicted molar refractivity (Wildman–Crippen MR) is 110 cm³/mol. The van der Waals surface area contributed by atoms with Crippen molar-refractivity contribution in [1.82, 2.24) is 9.80 Å². The lowest BCUT2D eigenvalue weighted by molar-refractivity contribution is 0.0272. The first kappa shape index (κ1) is 22.2. The maximum atomic E-state index is 12.6. The van der Waals surface area contributed by atoms with E-state index in [1.165, 1.54) is 25.0 Å². The number of nitriles is 1. The van der Waals surface area contributed by atoms with Crippen LogP contribution in [0.15, 0.2) is 29.2 Å². The molecule has 0 saturated carbocycles. The number of piperazine rings is 1. The maximum absolute atomic E-state index is 12.6. The molecule has 2 atom stereocenters. The van der Waals surface area contributed by atoms with Crippen LogP contribution in [0.25, 0.3) is 0 Å². The summed E-state index contributed by atoms with van der Waals surface area (Å²) in [7, 11) is -1.63. The monoisotopic (exact) mass is 421 g/mol. The van der Waals surface area contributed by atoms with Gasteiger partial charge in [0.2, 0.25) is 0 Å². The van der Waals surface area contributed by atoms with Crippen molar-refractivity contribution in [3.8, 4) is 6.07 Å². The molecule has 2 saturated heterocycles. The Bertz CT molecular complexity index is 777. The number of ether oxygens (including phenoxy) is 2. The fourth-order valence-corrected chi connectivity index (χ4v) is 5.65. The summed E-state index contributed by atoms with van der Waals surface area (Å²) in [5, 5.41) is 8.85. The zero-order valence-corrected chi connectivity index (χ0v) is 17.9. The molecule has 0 aromatic heterocycles. The Labute approximate surface area is 174 Å². The van der Waals surface area contributed by atoms with Gasteiger partial charge in [-0.1, -0.05) is 0 Å².